The minimum Gasteiger partial charge on any atom is -0.387 e. The molecular formula is C47H68O5. The van der Waals surface area contributed by atoms with Crippen LogP contribution in [0, 0.1) is 0 Å². The third-order valence-electron chi connectivity index (χ3n) is 7.97. The van der Waals surface area contributed by atoms with Gasteiger partial charge in [-0.3, -0.25) is 9.59 Å². The predicted octanol–water partition coefficient (Wildman–Crippen LogP) is 11.2. The van der Waals surface area contributed by atoms with Crippen LogP contribution in [0.4, 0.5) is 0 Å². The van der Waals surface area contributed by atoms with Crippen molar-refractivity contribution in [2.24, 2.45) is 0 Å². The van der Waals surface area contributed by atoms with E-state index in [2.05, 4.69) is 38.2 Å². The molecule has 2 atom stereocenters. The van der Waals surface area contributed by atoms with Gasteiger partial charge < -0.3 is 15.3 Å². The average molecular weight is 713 g/mol. The van der Waals surface area contributed by atoms with Crippen molar-refractivity contribution in [2.75, 3.05) is 0 Å². The van der Waals surface area contributed by atoms with E-state index in [0.717, 1.165) is 25.0 Å². The van der Waals surface area contributed by atoms with Crippen LogP contribution in [-0.2, 0) is 9.59 Å². The van der Waals surface area contributed by atoms with Crippen molar-refractivity contribution in [3.8, 4) is 0 Å². The first-order chi connectivity index (χ1) is 25.5. The lowest BCUT2D eigenvalue weighted by Gasteiger charge is -2.19. The molecule has 0 bridgehead atoms. The molecule has 0 saturated carbocycles. The molecule has 5 heteroatoms. The summed E-state index contributed by atoms with van der Waals surface area (Å²) < 4.78 is 0. The Balaban J connectivity index is 4.27. The lowest BCUT2D eigenvalue weighted by molar-refractivity contribution is -0.141. The van der Waals surface area contributed by atoms with Crippen molar-refractivity contribution >= 4 is 11.6 Å². The summed E-state index contributed by atoms with van der Waals surface area (Å²) in [6.07, 6.45) is 57.8. The second-order valence-corrected chi connectivity index (χ2v) is 12.7. The Morgan fingerprint density at radius 1 is 0.365 bits per heavy atom. The Kier molecular flexibility index (Phi) is 35.5. The van der Waals surface area contributed by atoms with Gasteiger partial charge in [-0.1, -0.05) is 225 Å². The molecule has 52 heavy (non-hydrogen) atoms. The number of carbonyl (C=O) groups excluding carboxylic acids is 2. The Labute approximate surface area is 316 Å². The maximum Gasteiger partial charge on any atom is 0.186 e. The first-order valence-electron chi connectivity index (χ1n) is 19.6. The van der Waals surface area contributed by atoms with Gasteiger partial charge in [0.15, 0.2) is 11.6 Å². The quantitative estimate of drug-likeness (QED) is 0.0367. The number of hydrogen-bond donors (Lipinski definition) is 3. The van der Waals surface area contributed by atoms with Gasteiger partial charge in [0.2, 0.25) is 0 Å². The van der Waals surface area contributed by atoms with Gasteiger partial charge in [0.1, 0.15) is 18.3 Å². The maximum absolute atomic E-state index is 12.2. The SMILES string of the molecule is CCCCCCCCCC=CC=CC=CC=CC=CC=CC(=O)C(O)C(O)C(O)C(=O)C=CC=CC=CC=CC=CC=CCCCCCCCCC. The highest BCUT2D eigenvalue weighted by atomic mass is 16.4. The standard InChI is InChI=1S/C47H68O5/c1-3-5-7-9-11-13-15-17-19-21-23-25-27-29-31-33-35-37-39-41-43(48)45(50)47(52)46(51)44(49)42-40-38-36-34-32-30-28-26-24-22-20-18-16-14-12-10-8-6-4-2/h19-42,45-47,50-52H,3-18H2,1-2H3. The van der Waals surface area contributed by atoms with Crippen LogP contribution >= 0.6 is 0 Å². The van der Waals surface area contributed by atoms with E-state index in [9.17, 15) is 24.9 Å². The molecule has 286 valence electrons. The Morgan fingerprint density at radius 2 is 0.615 bits per heavy atom. The molecule has 0 aromatic rings. The Hall–Kier alpha value is -3.90. The van der Waals surface area contributed by atoms with Gasteiger partial charge in [-0.25, -0.2) is 0 Å². The molecule has 0 saturated heterocycles. The van der Waals surface area contributed by atoms with Crippen molar-refractivity contribution in [2.45, 2.75) is 135 Å². The number of hydrogen-bond acceptors (Lipinski definition) is 5. The summed E-state index contributed by atoms with van der Waals surface area (Å²) in [5.41, 5.74) is 0. The molecule has 5 nitrogen and oxygen atoms in total. The first-order valence-corrected chi connectivity index (χ1v) is 19.6. The lowest BCUT2D eigenvalue weighted by atomic mass is 10.0. The van der Waals surface area contributed by atoms with Crippen LogP contribution < -0.4 is 0 Å². The summed E-state index contributed by atoms with van der Waals surface area (Å²) in [5, 5.41) is 30.4. The smallest absolute Gasteiger partial charge is 0.186 e. The second kappa shape index (κ2) is 38.3. The zero-order valence-corrected chi connectivity index (χ0v) is 32.1. The number of aliphatic hydroxyl groups is 3. The van der Waals surface area contributed by atoms with Gasteiger partial charge in [-0.2, -0.15) is 0 Å². The number of carbonyl (C=O) groups is 2. The number of aliphatic hydroxyl groups excluding tert-OH is 3. The summed E-state index contributed by atoms with van der Waals surface area (Å²) in [4.78, 5) is 24.4. The third kappa shape index (κ3) is 32.0. The molecule has 0 rings (SSSR count). The summed E-state index contributed by atoms with van der Waals surface area (Å²) in [6.45, 7) is 4.48. The summed E-state index contributed by atoms with van der Waals surface area (Å²) in [5.74, 6) is -1.65. The van der Waals surface area contributed by atoms with Crippen molar-refractivity contribution in [1.82, 2.24) is 0 Å². The molecule has 0 radical (unpaired) electrons. The van der Waals surface area contributed by atoms with Gasteiger partial charge in [-0.05, 0) is 37.8 Å². The normalized spacial score (nSPS) is 15.2. The van der Waals surface area contributed by atoms with Gasteiger partial charge in [0.05, 0.1) is 0 Å². The van der Waals surface area contributed by atoms with E-state index in [-0.39, 0.29) is 0 Å². The monoisotopic (exact) mass is 713 g/mol. The fraction of sp³-hybridized carbons (Fsp3) is 0.447. The number of ketones is 2. The van der Waals surface area contributed by atoms with E-state index in [0.29, 0.717) is 0 Å². The van der Waals surface area contributed by atoms with Crippen LogP contribution in [-0.4, -0.2) is 45.2 Å². The molecule has 0 spiro atoms. The highest BCUT2D eigenvalue weighted by molar-refractivity contribution is 5.97. The van der Waals surface area contributed by atoms with Gasteiger partial charge >= 0.3 is 0 Å². The highest BCUT2D eigenvalue weighted by Gasteiger charge is 2.32. The van der Waals surface area contributed by atoms with Crippen LogP contribution in [0.5, 0.6) is 0 Å². The van der Waals surface area contributed by atoms with Crippen molar-refractivity contribution in [3.63, 3.8) is 0 Å². The summed E-state index contributed by atoms with van der Waals surface area (Å²) in [6, 6.07) is 0. The van der Waals surface area contributed by atoms with Crippen molar-refractivity contribution in [1.29, 1.82) is 0 Å². The number of allylic oxidation sites excluding steroid dienone is 22. The maximum atomic E-state index is 12.2. The molecule has 0 aliphatic rings. The van der Waals surface area contributed by atoms with Crippen LogP contribution in [0.1, 0.15) is 117 Å². The van der Waals surface area contributed by atoms with Crippen LogP contribution in [0.25, 0.3) is 0 Å². The molecule has 0 fully saturated rings. The van der Waals surface area contributed by atoms with E-state index in [1.165, 1.54) is 102 Å². The molecule has 3 N–H and O–H groups in total. The van der Waals surface area contributed by atoms with Gasteiger partial charge in [0.25, 0.3) is 0 Å². The molecule has 0 aliphatic heterocycles. The highest BCUT2D eigenvalue weighted by Crippen LogP contribution is 2.10. The molecule has 0 heterocycles. The molecule has 2 unspecified atom stereocenters. The largest absolute Gasteiger partial charge is 0.387 e. The fourth-order valence-corrected chi connectivity index (χ4v) is 4.82. The zero-order chi connectivity index (χ0) is 38.2. The van der Waals surface area contributed by atoms with Gasteiger partial charge in [-0.15, -0.1) is 0 Å². The molecule has 0 aliphatic carbocycles. The number of unbranched alkanes of at least 4 members (excludes halogenated alkanes) is 14. The third-order valence-corrected chi connectivity index (χ3v) is 7.97. The number of rotatable bonds is 32. The van der Waals surface area contributed by atoms with Crippen LogP contribution in [0.2, 0.25) is 0 Å². The van der Waals surface area contributed by atoms with E-state index < -0.39 is 29.9 Å². The fourth-order valence-electron chi connectivity index (χ4n) is 4.82. The Bertz CT molecular complexity index is 1150. The topological polar surface area (TPSA) is 94.8 Å². The molecule has 0 aromatic heterocycles. The summed E-state index contributed by atoms with van der Waals surface area (Å²) in [7, 11) is 0. The summed E-state index contributed by atoms with van der Waals surface area (Å²) >= 11 is 0. The Morgan fingerprint density at radius 3 is 0.923 bits per heavy atom. The van der Waals surface area contributed by atoms with E-state index in [1.54, 1.807) is 36.5 Å². The predicted molar refractivity (Wildman–Crippen MR) is 223 cm³/mol. The van der Waals surface area contributed by atoms with E-state index >= 15 is 0 Å². The average Bonchev–Trinajstić information content (AvgIpc) is 3.15. The van der Waals surface area contributed by atoms with Crippen LogP contribution in [0.3, 0.4) is 0 Å². The molecular weight excluding hydrogens is 645 g/mol. The molecule has 0 aromatic carbocycles. The second-order valence-electron chi connectivity index (χ2n) is 12.7. The van der Waals surface area contributed by atoms with E-state index in [4.69, 9.17) is 0 Å². The van der Waals surface area contributed by atoms with Crippen molar-refractivity contribution in [3.05, 3.63) is 146 Å². The van der Waals surface area contributed by atoms with Crippen LogP contribution in [0.15, 0.2) is 146 Å². The van der Waals surface area contributed by atoms with Gasteiger partial charge in [0, 0.05) is 0 Å². The molecule has 0 amide bonds. The van der Waals surface area contributed by atoms with Crippen molar-refractivity contribution < 1.29 is 24.9 Å². The minimum atomic E-state index is -1.95. The minimum absolute atomic E-state index is 0.825. The lowest BCUT2D eigenvalue weighted by Crippen LogP contribution is -2.45. The van der Waals surface area contributed by atoms with E-state index in [1.807, 2.05) is 60.8 Å². The zero-order valence-electron chi connectivity index (χ0n) is 32.1. The first kappa shape index (κ1) is 48.1.